The third-order valence-electron chi connectivity index (χ3n) is 4.51. The van der Waals surface area contributed by atoms with Gasteiger partial charge in [0, 0.05) is 35.5 Å². The number of carbonyl (C=O) groups excluding carboxylic acids is 2. The maximum absolute atomic E-state index is 12.3. The van der Waals surface area contributed by atoms with Crippen LogP contribution in [-0.2, 0) is 16.0 Å². The number of anilines is 1. The van der Waals surface area contributed by atoms with Gasteiger partial charge in [-0.2, -0.15) is 0 Å². The molecule has 1 amide bonds. The molecule has 1 aliphatic rings. The average Bonchev–Trinajstić information content (AvgIpc) is 3.06. The smallest absolute Gasteiger partial charge is 0.256 e. The molecule has 24 heavy (non-hydrogen) atoms. The Morgan fingerprint density at radius 2 is 2.00 bits per heavy atom. The van der Waals surface area contributed by atoms with E-state index in [9.17, 15) is 9.59 Å². The summed E-state index contributed by atoms with van der Waals surface area (Å²) in [6, 6.07) is 7.67. The van der Waals surface area contributed by atoms with Crippen molar-refractivity contribution < 1.29 is 9.59 Å². The van der Waals surface area contributed by atoms with Crippen LogP contribution < -0.4 is 5.32 Å². The SMILES string of the molecule is Cc1c[nH]c(/C=C2\C(=O)Nc3ccccc32)c1CCC(=O)C(C)C. The molecule has 0 spiro atoms. The Morgan fingerprint density at radius 1 is 1.25 bits per heavy atom. The maximum Gasteiger partial charge on any atom is 0.256 e. The van der Waals surface area contributed by atoms with E-state index in [-0.39, 0.29) is 17.6 Å². The number of hydrogen-bond acceptors (Lipinski definition) is 2. The summed E-state index contributed by atoms with van der Waals surface area (Å²) < 4.78 is 0. The van der Waals surface area contributed by atoms with Crippen molar-refractivity contribution in [3.8, 4) is 0 Å². The molecule has 124 valence electrons. The first kappa shape index (κ1) is 16.2. The van der Waals surface area contributed by atoms with E-state index >= 15 is 0 Å². The summed E-state index contributed by atoms with van der Waals surface area (Å²) in [6.07, 6.45) is 5.04. The van der Waals surface area contributed by atoms with Crippen molar-refractivity contribution in [3.63, 3.8) is 0 Å². The molecule has 3 rings (SSSR count). The summed E-state index contributed by atoms with van der Waals surface area (Å²) in [5, 5.41) is 2.88. The Labute approximate surface area is 142 Å². The Hall–Kier alpha value is -2.62. The molecule has 0 radical (unpaired) electrons. The van der Waals surface area contributed by atoms with Crippen molar-refractivity contribution in [2.75, 3.05) is 5.32 Å². The van der Waals surface area contributed by atoms with E-state index in [1.54, 1.807) is 0 Å². The van der Waals surface area contributed by atoms with Gasteiger partial charge < -0.3 is 10.3 Å². The minimum Gasteiger partial charge on any atom is -0.361 e. The molecule has 0 unspecified atom stereocenters. The Balaban J connectivity index is 1.91. The number of aromatic amines is 1. The quantitative estimate of drug-likeness (QED) is 0.818. The molecule has 2 aromatic rings. The number of aryl methyl sites for hydroxylation is 1. The number of aromatic nitrogens is 1. The molecule has 1 aliphatic heterocycles. The summed E-state index contributed by atoms with van der Waals surface area (Å²) >= 11 is 0. The highest BCUT2D eigenvalue weighted by Gasteiger charge is 2.24. The van der Waals surface area contributed by atoms with Crippen molar-refractivity contribution in [3.05, 3.63) is 52.8 Å². The van der Waals surface area contributed by atoms with E-state index in [2.05, 4.69) is 10.3 Å². The zero-order chi connectivity index (χ0) is 17.3. The second-order valence-corrected chi connectivity index (χ2v) is 6.54. The Morgan fingerprint density at radius 3 is 2.75 bits per heavy atom. The third kappa shape index (κ3) is 3.04. The lowest BCUT2D eigenvalue weighted by Gasteiger charge is -2.06. The molecule has 2 N–H and O–H groups in total. The molecule has 0 saturated heterocycles. The summed E-state index contributed by atoms with van der Waals surface area (Å²) in [6.45, 7) is 5.88. The van der Waals surface area contributed by atoms with E-state index in [1.807, 2.05) is 57.3 Å². The Kier molecular flexibility index (Phi) is 4.38. The van der Waals surface area contributed by atoms with Crippen LogP contribution in [0.25, 0.3) is 11.6 Å². The monoisotopic (exact) mass is 322 g/mol. The largest absolute Gasteiger partial charge is 0.361 e. The molecule has 4 heteroatoms. The highest BCUT2D eigenvalue weighted by atomic mass is 16.2. The van der Waals surface area contributed by atoms with Gasteiger partial charge in [0.25, 0.3) is 5.91 Å². The van der Waals surface area contributed by atoms with E-state index in [4.69, 9.17) is 0 Å². The molecule has 1 aromatic carbocycles. The number of fused-ring (bicyclic) bond motifs is 1. The number of amides is 1. The van der Waals surface area contributed by atoms with Gasteiger partial charge in [0.15, 0.2) is 0 Å². The van der Waals surface area contributed by atoms with Crippen molar-refractivity contribution in [1.29, 1.82) is 0 Å². The van der Waals surface area contributed by atoms with Crippen LogP contribution in [0.1, 0.15) is 42.7 Å². The number of rotatable bonds is 5. The second kappa shape index (κ2) is 6.48. The molecular weight excluding hydrogens is 300 g/mol. The number of Topliss-reactive ketones (excluding diaryl/α,β-unsaturated/α-hetero) is 1. The van der Waals surface area contributed by atoms with Crippen molar-refractivity contribution in [2.24, 2.45) is 5.92 Å². The summed E-state index contributed by atoms with van der Waals surface area (Å²) in [5.41, 5.74) is 5.54. The third-order valence-corrected chi connectivity index (χ3v) is 4.51. The van der Waals surface area contributed by atoms with E-state index in [1.165, 1.54) is 0 Å². The van der Waals surface area contributed by atoms with Crippen LogP contribution in [0.15, 0.2) is 30.5 Å². The van der Waals surface area contributed by atoms with Gasteiger partial charge in [0.1, 0.15) is 5.78 Å². The molecule has 2 heterocycles. The number of carbonyl (C=O) groups is 2. The zero-order valence-electron chi connectivity index (χ0n) is 14.3. The fourth-order valence-corrected chi connectivity index (χ4v) is 3.00. The van der Waals surface area contributed by atoms with Crippen LogP contribution in [0.3, 0.4) is 0 Å². The molecule has 0 atom stereocenters. The number of benzene rings is 1. The Bertz CT molecular complexity index is 828. The van der Waals surface area contributed by atoms with Crippen LogP contribution in [0.4, 0.5) is 5.69 Å². The molecule has 0 bridgehead atoms. The van der Waals surface area contributed by atoms with Gasteiger partial charge >= 0.3 is 0 Å². The van der Waals surface area contributed by atoms with Crippen LogP contribution in [-0.4, -0.2) is 16.7 Å². The molecule has 1 aromatic heterocycles. The average molecular weight is 322 g/mol. The lowest BCUT2D eigenvalue weighted by molar-refractivity contribution is -0.121. The first-order valence-corrected chi connectivity index (χ1v) is 8.29. The molecule has 0 saturated carbocycles. The van der Waals surface area contributed by atoms with Crippen molar-refractivity contribution in [1.82, 2.24) is 4.98 Å². The maximum atomic E-state index is 12.3. The van der Waals surface area contributed by atoms with Gasteiger partial charge in [0.05, 0.1) is 5.57 Å². The van der Waals surface area contributed by atoms with Crippen LogP contribution in [0, 0.1) is 12.8 Å². The fraction of sp³-hybridized carbons (Fsp3) is 0.300. The van der Waals surface area contributed by atoms with Gasteiger partial charge in [-0.15, -0.1) is 0 Å². The lowest BCUT2D eigenvalue weighted by atomic mass is 9.98. The predicted molar refractivity (Wildman–Crippen MR) is 96.6 cm³/mol. The number of para-hydroxylation sites is 1. The van der Waals surface area contributed by atoms with Gasteiger partial charge in [-0.3, -0.25) is 9.59 Å². The van der Waals surface area contributed by atoms with E-state index in [0.29, 0.717) is 18.4 Å². The first-order valence-electron chi connectivity index (χ1n) is 8.29. The van der Waals surface area contributed by atoms with Gasteiger partial charge in [0.2, 0.25) is 0 Å². The van der Waals surface area contributed by atoms with Gasteiger partial charge in [-0.25, -0.2) is 0 Å². The highest BCUT2D eigenvalue weighted by Crippen LogP contribution is 2.33. The normalized spacial score (nSPS) is 15.0. The van der Waals surface area contributed by atoms with Crippen molar-refractivity contribution >= 4 is 29.0 Å². The number of ketones is 1. The van der Waals surface area contributed by atoms with Crippen molar-refractivity contribution in [2.45, 2.75) is 33.6 Å². The zero-order valence-corrected chi connectivity index (χ0v) is 14.3. The van der Waals surface area contributed by atoms with Crippen LogP contribution in [0.5, 0.6) is 0 Å². The first-order chi connectivity index (χ1) is 11.5. The molecule has 4 nitrogen and oxygen atoms in total. The molecule has 0 fully saturated rings. The molecular formula is C20H22N2O2. The lowest BCUT2D eigenvalue weighted by Crippen LogP contribution is -2.08. The van der Waals surface area contributed by atoms with Crippen LogP contribution >= 0.6 is 0 Å². The number of H-pyrrole nitrogens is 1. The summed E-state index contributed by atoms with van der Waals surface area (Å²) in [7, 11) is 0. The van der Waals surface area contributed by atoms with Gasteiger partial charge in [-0.1, -0.05) is 32.0 Å². The second-order valence-electron chi connectivity index (χ2n) is 6.54. The number of hydrogen-bond donors (Lipinski definition) is 2. The predicted octanol–water partition coefficient (Wildman–Crippen LogP) is 3.97. The number of nitrogens with one attached hydrogen (secondary N) is 2. The van der Waals surface area contributed by atoms with Gasteiger partial charge in [-0.05, 0) is 36.6 Å². The summed E-state index contributed by atoms with van der Waals surface area (Å²) in [4.78, 5) is 27.4. The van der Waals surface area contributed by atoms with E-state index < -0.39 is 0 Å². The van der Waals surface area contributed by atoms with Crippen LogP contribution in [0.2, 0.25) is 0 Å². The topological polar surface area (TPSA) is 62.0 Å². The fourth-order valence-electron chi connectivity index (χ4n) is 3.00. The van der Waals surface area contributed by atoms with E-state index in [0.717, 1.165) is 28.1 Å². The minimum absolute atomic E-state index is 0.0542. The minimum atomic E-state index is -0.0901. The molecule has 0 aliphatic carbocycles. The standard InChI is InChI=1S/C20H22N2O2/c1-12(2)19(23)9-8-14-13(3)11-21-18(14)10-16-15-6-4-5-7-17(15)22-20(16)24/h4-7,10-12,21H,8-9H2,1-3H3,(H,22,24)/b16-10-. The summed E-state index contributed by atoms with van der Waals surface area (Å²) in [5.74, 6) is 0.226. The highest BCUT2D eigenvalue weighted by molar-refractivity contribution is 6.34.